The van der Waals surface area contributed by atoms with Gasteiger partial charge in [-0.3, -0.25) is 4.79 Å². The molecule has 0 bridgehead atoms. The molecule has 0 fully saturated rings. The molecular weight excluding hydrogens is 320 g/mol. The van der Waals surface area contributed by atoms with E-state index in [-0.39, 0.29) is 16.6 Å². The number of rotatable bonds is 4. The number of hydrogen-bond acceptors (Lipinski definition) is 4. The van der Waals surface area contributed by atoms with Crippen LogP contribution in [0.15, 0.2) is 29.4 Å². The number of benzene rings is 1. The van der Waals surface area contributed by atoms with Crippen molar-refractivity contribution in [2.24, 2.45) is 7.05 Å². The summed E-state index contributed by atoms with van der Waals surface area (Å²) in [6.45, 7) is 8.48. The van der Waals surface area contributed by atoms with Gasteiger partial charge in [0.05, 0.1) is 5.25 Å². The smallest absolute Gasteiger partial charge is 0.235 e. The number of thioether (sulfide) groups is 1. The van der Waals surface area contributed by atoms with Gasteiger partial charge in [-0.25, -0.2) is 0 Å². The highest BCUT2D eigenvalue weighted by atomic mass is 32.2. The van der Waals surface area contributed by atoms with E-state index in [4.69, 9.17) is 0 Å². The number of amides is 1. The van der Waals surface area contributed by atoms with Crippen molar-refractivity contribution < 1.29 is 4.79 Å². The Morgan fingerprint density at radius 1 is 1.17 bits per heavy atom. The van der Waals surface area contributed by atoms with Crippen LogP contribution in [0.5, 0.6) is 0 Å². The Hall–Kier alpha value is -1.82. The molecule has 1 amide bonds. The number of carbonyl (C=O) groups is 1. The van der Waals surface area contributed by atoms with Crippen molar-refractivity contribution in [3.63, 3.8) is 0 Å². The lowest BCUT2D eigenvalue weighted by Crippen LogP contribution is -2.29. The summed E-state index contributed by atoms with van der Waals surface area (Å²) in [6, 6.07) is 8.42. The number of hydrogen-bond donors (Lipinski definition) is 0. The summed E-state index contributed by atoms with van der Waals surface area (Å²) in [6.07, 6.45) is 0. The highest BCUT2D eigenvalue weighted by Crippen LogP contribution is 2.28. The summed E-state index contributed by atoms with van der Waals surface area (Å²) in [5, 5.41) is 9.10. The Kier molecular flexibility index (Phi) is 5.38. The van der Waals surface area contributed by atoms with E-state index in [2.05, 4.69) is 55.2 Å². The molecule has 1 heterocycles. The lowest BCUT2D eigenvalue weighted by Gasteiger charge is -2.19. The molecular formula is C18H26N4OS. The van der Waals surface area contributed by atoms with E-state index >= 15 is 0 Å². The van der Waals surface area contributed by atoms with Crippen molar-refractivity contribution in [3.05, 3.63) is 29.8 Å². The molecule has 0 saturated carbocycles. The van der Waals surface area contributed by atoms with Gasteiger partial charge in [-0.1, -0.05) is 56.8 Å². The minimum atomic E-state index is -0.195. The zero-order chi connectivity index (χ0) is 18.1. The maximum absolute atomic E-state index is 12.0. The highest BCUT2D eigenvalue weighted by molar-refractivity contribution is 8.00. The molecule has 0 aliphatic heterocycles. The van der Waals surface area contributed by atoms with Crippen molar-refractivity contribution in [2.75, 3.05) is 14.1 Å². The van der Waals surface area contributed by atoms with Crippen LogP contribution in [0.1, 0.15) is 33.3 Å². The first-order valence-electron chi connectivity index (χ1n) is 7.99. The maximum Gasteiger partial charge on any atom is 0.235 e. The summed E-state index contributed by atoms with van der Waals surface area (Å²) >= 11 is 1.43. The fraction of sp³-hybridized carbons (Fsp3) is 0.500. The van der Waals surface area contributed by atoms with Gasteiger partial charge in [0.15, 0.2) is 11.0 Å². The van der Waals surface area contributed by atoms with Gasteiger partial charge in [0.1, 0.15) is 0 Å². The van der Waals surface area contributed by atoms with Gasteiger partial charge >= 0.3 is 0 Å². The topological polar surface area (TPSA) is 51.0 Å². The lowest BCUT2D eigenvalue weighted by atomic mass is 9.87. The van der Waals surface area contributed by atoms with Gasteiger partial charge < -0.3 is 9.47 Å². The Morgan fingerprint density at radius 2 is 1.75 bits per heavy atom. The number of nitrogens with zero attached hydrogens (tertiary/aromatic N) is 4. The van der Waals surface area contributed by atoms with Gasteiger partial charge in [-0.2, -0.15) is 0 Å². The van der Waals surface area contributed by atoms with Gasteiger partial charge in [-0.05, 0) is 17.9 Å². The van der Waals surface area contributed by atoms with Crippen LogP contribution in [-0.4, -0.2) is 44.9 Å². The Labute approximate surface area is 148 Å². The molecule has 0 spiro atoms. The lowest BCUT2D eigenvalue weighted by molar-refractivity contribution is -0.127. The quantitative estimate of drug-likeness (QED) is 0.797. The molecule has 0 aliphatic rings. The minimum Gasteiger partial charge on any atom is -0.348 e. The van der Waals surface area contributed by atoms with Crippen LogP contribution in [0.4, 0.5) is 0 Å². The second-order valence-electron chi connectivity index (χ2n) is 7.19. The average Bonchev–Trinajstić information content (AvgIpc) is 2.86. The molecule has 0 unspecified atom stereocenters. The van der Waals surface area contributed by atoms with Gasteiger partial charge in [0.2, 0.25) is 5.91 Å². The fourth-order valence-electron chi connectivity index (χ4n) is 2.36. The molecule has 24 heavy (non-hydrogen) atoms. The molecule has 1 aromatic heterocycles. The molecule has 2 rings (SSSR count). The SMILES string of the molecule is C[C@@H](Sc1nnc(-c2ccc(C(C)(C)C)cc2)n1C)C(=O)N(C)C. The molecule has 0 saturated heterocycles. The maximum atomic E-state index is 12.0. The number of aromatic nitrogens is 3. The first-order valence-corrected chi connectivity index (χ1v) is 8.87. The molecule has 130 valence electrons. The fourth-order valence-corrected chi connectivity index (χ4v) is 3.32. The third-order valence-electron chi connectivity index (χ3n) is 3.91. The van der Waals surface area contributed by atoms with E-state index in [1.807, 2.05) is 18.5 Å². The molecule has 0 N–H and O–H groups in total. The van der Waals surface area contributed by atoms with Crippen LogP contribution in [0.3, 0.4) is 0 Å². The van der Waals surface area contributed by atoms with Crippen molar-refractivity contribution in [1.29, 1.82) is 0 Å². The highest BCUT2D eigenvalue weighted by Gasteiger charge is 2.21. The molecule has 0 radical (unpaired) electrons. The zero-order valence-electron chi connectivity index (χ0n) is 15.5. The van der Waals surface area contributed by atoms with Crippen LogP contribution in [0.25, 0.3) is 11.4 Å². The van der Waals surface area contributed by atoms with E-state index < -0.39 is 0 Å². The van der Waals surface area contributed by atoms with Crippen LogP contribution >= 0.6 is 11.8 Å². The Morgan fingerprint density at radius 3 is 2.25 bits per heavy atom. The van der Waals surface area contributed by atoms with Gasteiger partial charge in [0.25, 0.3) is 0 Å². The van der Waals surface area contributed by atoms with E-state index in [1.165, 1.54) is 17.3 Å². The predicted molar refractivity (Wildman–Crippen MR) is 99.2 cm³/mol. The van der Waals surface area contributed by atoms with Crippen LogP contribution < -0.4 is 0 Å². The van der Waals surface area contributed by atoms with Gasteiger partial charge in [0, 0.05) is 26.7 Å². The van der Waals surface area contributed by atoms with E-state index in [1.54, 1.807) is 19.0 Å². The van der Waals surface area contributed by atoms with Crippen molar-refractivity contribution >= 4 is 17.7 Å². The van der Waals surface area contributed by atoms with Crippen LogP contribution in [-0.2, 0) is 17.3 Å². The monoisotopic (exact) mass is 346 g/mol. The first kappa shape index (κ1) is 18.5. The summed E-state index contributed by atoms with van der Waals surface area (Å²) in [4.78, 5) is 13.6. The van der Waals surface area contributed by atoms with E-state index in [0.29, 0.717) is 0 Å². The van der Waals surface area contributed by atoms with Crippen LogP contribution in [0, 0.1) is 0 Å². The molecule has 1 aromatic carbocycles. The summed E-state index contributed by atoms with van der Waals surface area (Å²) in [7, 11) is 5.46. The van der Waals surface area contributed by atoms with Crippen molar-refractivity contribution in [2.45, 2.75) is 43.5 Å². The van der Waals surface area contributed by atoms with E-state index in [0.717, 1.165) is 16.5 Å². The molecule has 6 heteroatoms. The third kappa shape index (κ3) is 3.98. The van der Waals surface area contributed by atoms with Crippen molar-refractivity contribution in [1.82, 2.24) is 19.7 Å². The molecule has 0 aliphatic carbocycles. The normalized spacial score (nSPS) is 13.0. The average molecular weight is 347 g/mol. The predicted octanol–water partition coefficient (Wildman–Crippen LogP) is 3.35. The minimum absolute atomic E-state index is 0.0686. The van der Waals surface area contributed by atoms with Crippen LogP contribution in [0.2, 0.25) is 0 Å². The molecule has 1 atom stereocenters. The number of carbonyl (C=O) groups excluding carboxylic acids is 1. The summed E-state index contributed by atoms with van der Waals surface area (Å²) in [5.41, 5.74) is 2.44. The first-order chi connectivity index (χ1) is 11.1. The Balaban J connectivity index is 2.22. The molecule has 2 aromatic rings. The zero-order valence-corrected chi connectivity index (χ0v) is 16.3. The largest absolute Gasteiger partial charge is 0.348 e. The second kappa shape index (κ2) is 6.97. The summed E-state index contributed by atoms with van der Waals surface area (Å²) < 4.78 is 1.94. The summed E-state index contributed by atoms with van der Waals surface area (Å²) in [5.74, 6) is 0.876. The van der Waals surface area contributed by atoms with Crippen molar-refractivity contribution in [3.8, 4) is 11.4 Å². The third-order valence-corrected chi connectivity index (χ3v) is 5.04. The Bertz CT molecular complexity index is 714. The molecule has 5 nitrogen and oxygen atoms in total. The van der Waals surface area contributed by atoms with Gasteiger partial charge in [-0.15, -0.1) is 10.2 Å². The van der Waals surface area contributed by atoms with E-state index in [9.17, 15) is 4.79 Å². The standard InChI is InChI=1S/C18H26N4OS/c1-12(16(23)21(5)6)24-17-20-19-15(22(17)7)13-8-10-14(11-9-13)18(2,3)4/h8-12H,1-7H3/t12-/m1/s1. The second-order valence-corrected chi connectivity index (χ2v) is 8.49.